The van der Waals surface area contributed by atoms with Crippen LogP contribution in [0.3, 0.4) is 0 Å². The van der Waals surface area contributed by atoms with Gasteiger partial charge in [-0.2, -0.15) is 13.2 Å². The number of carbonyl (C=O) groups excluding carboxylic acids is 2. The minimum Gasteiger partial charge on any atom is -0.354 e. The lowest BCUT2D eigenvalue weighted by Crippen LogP contribution is -2.53. The summed E-state index contributed by atoms with van der Waals surface area (Å²) >= 11 is 5.76. The van der Waals surface area contributed by atoms with Crippen molar-refractivity contribution in [2.75, 3.05) is 23.7 Å². The van der Waals surface area contributed by atoms with Gasteiger partial charge in [-0.05, 0) is 47.7 Å². The van der Waals surface area contributed by atoms with Crippen LogP contribution in [0.2, 0.25) is 5.02 Å². The second kappa shape index (κ2) is 14.3. The Morgan fingerprint density at radius 2 is 1.60 bits per heavy atom. The number of hydrogen-bond acceptors (Lipinski definition) is 4. The highest BCUT2D eigenvalue weighted by atomic mass is 35.5. The summed E-state index contributed by atoms with van der Waals surface area (Å²) in [5.74, 6) is -1.08. The third-order valence-electron chi connectivity index (χ3n) is 6.78. The van der Waals surface area contributed by atoms with Crippen molar-refractivity contribution < 1.29 is 31.2 Å². The molecule has 0 bridgehead atoms. The van der Waals surface area contributed by atoms with Crippen molar-refractivity contribution in [3.05, 3.63) is 100 Å². The highest BCUT2D eigenvalue weighted by Gasteiger charge is 2.36. The van der Waals surface area contributed by atoms with Crippen LogP contribution in [-0.2, 0) is 38.8 Å². The number of hydrogen-bond donors (Lipinski definition) is 1. The molecular formula is C31H35ClF3N3O4S. The van der Waals surface area contributed by atoms with Crippen molar-refractivity contribution in [2.24, 2.45) is 5.92 Å². The van der Waals surface area contributed by atoms with Crippen LogP contribution in [0.5, 0.6) is 0 Å². The zero-order chi connectivity index (χ0) is 31.9. The highest BCUT2D eigenvalue weighted by Crippen LogP contribution is 2.37. The van der Waals surface area contributed by atoms with Crippen LogP contribution in [0.15, 0.2) is 72.8 Å². The van der Waals surface area contributed by atoms with Gasteiger partial charge in [-0.25, -0.2) is 8.42 Å². The van der Waals surface area contributed by atoms with E-state index in [0.29, 0.717) is 16.9 Å². The lowest BCUT2D eigenvalue weighted by atomic mass is 10.0. The first-order valence-corrected chi connectivity index (χ1v) is 15.8. The molecule has 0 radical (unpaired) electrons. The molecule has 7 nitrogen and oxygen atoms in total. The van der Waals surface area contributed by atoms with E-state index in [1.165, 1.54) is 4.90 Å². The zero-order valence-corrected chi connectivity index (χ0v) is 25.9. The maximum atomic E-state index is 14.1. The fraction of sp³-hybridized carbons (Fsp3) is 0.355. The molecule has 1 N–H and O–H groups in total. The van der Waals surface area contributed by atoms with Crippen LogP contribution < -0.4 is 9.62 Å². The summed E-state index contributed by atoms with van der Waals surface area (Å²) in [7, 11) is -4.25. The number of aryl methyl sites for hydroxylation is 1. The average Bonchev–Trinajstić information content (AvgIpc) is 2.93. The van der Waals surface area contributed by atoms with E-state index in [4.69, 9.17) is 11.6 Å². The third kappa shape index (κ3) is 9.46. The van der Waals surface area contributed by atoms with Gasteiger partial charge in [0.05, 0.1) is 22.5 Å². The van der Waals surface area contributed by atoms with E-state index in [2.05, 4.69) is 5.32 Å². The lowest BCUT2D eigenvalue weighted by Gasteiger charge is -2.34. The molecule has 0 spiro atoms. The van der Waals surface area contributed by atoms with E-state index in [9.17, 15) is 31.2 Å². The lowest BCUT2D eigenvalue weighted by molar-refractivity contribution is -0.140. The number of halogens is 4. The van der Waals surface area contributed by atoms with E-state index in [0.717, 1.165) is 35.1 Å². The fourth-order valence-electron chi connectivity index (χ4n) is 4.45. The quantitative estimate of drug-likeness (QED) is 0.270. The summed E-state index contributed by atoms with van der Waals surface area (Å²) in [6.07, 6.45) is -3.93. The van der Waals surface area contributed by atoms with Crippen LogP contribution in [0.1, 0.15) is 36.1 Å². The Bertz CT molecular complexity index is 1530. The minimum absolute atomic E-state index is 0.0376. The summed E-state index contributed by atoms with van der Waals surface area (Å²) in [5.41, 5.74) is 0.713. The van der Waals surface area contributed by atoms with Gasteiger partial charge in [0.1, 0.15) is 12.6 Å². The molecule has 12 heteroatoms. The predicted molar refractivity (Wildman–Crippen MR) is 162 cm³/mol. The maximum Gasteiger partial charge on any atom is 0.417 e. The van der Waals surface area contributed by atoms with Crippen LogP contribution in [0, 0.1) is 12.8 Å². The van der Waals surface area contributed by atoms with Crippen molar-refractivity contribution >= 4 is 39.1 Å². The van der Waals surface area contributed by atoms with E-state index in [-0.39, 0.29) is 24.6 Å². The highest BCUT2D eigenvalue weighted by molar-refractivity contribution is 7.92. The first-order valence-electron chi connectivity index (χ1n) is 13.6. The standard InChI is InChI=1S/C31H35ClF3N3O4S/c1-21(2)18-36-30(40)28(16-23-11-6-5-7-12-23)37(19-24-13-9-8-10-22(24)3)29(39)20-38(43(4,41)42)25-14-15-27(32)26(17-25)31(33,34)35/h5-15,17,21,28H,16,18-20H2,1-4H3,(H,36,40). The van der Waals surface area contributed by atoms with Gasteiger partial charge in [0.15, 0.2) is 0 Å². The Morgan fingerprint density at radius 1 is 0.977 bits per heavy atom. The van der Waals surface area contributed by atoms with E-state index in [1.54, 1.807) is 24.3 Å². The second-order valence-electron chi connectivity index (χ2n) is 10.7. The van der Waals surface area contributed by atoms with E-state index in [1.807, 2.05) is 51.1 Å². The molecule has 1 unspecified atom stereocenters. The van der Waals surface area contributed by atoms with Crippen molar-refractivity contribution in [1.82, 2.24) is 10.2 Å². The van der Waals surface area contributed by atoms with Crippen LogP contribution in [0.4, 0.5) is 18.9 Å². The Balaban J connectivity index is 2.10. The monoisotopic (exact) mass is 637 g/mol. The molecule has 43 heavy (non-hydrogen) atoms. The molecule has 2 amide bonds. The molecule has 0 aliphatic rings. The maximum absolute atomic E-state index is 14.1. The smallest absolute Gasteiger partial charge is 0.354 e. The normalized spacial score (nSPS) is 12.6. The van der Waals surface area contributed by atoms with Crippen LogP contribution in [-0.4, -0.2) is 50.5 Å². The first kappa shape index (κ1) is 33.9. The van der Waals surface area contributed by atoms with Gasteiger partial charge in [-0.1, -0.05) is 80.0 Å². The zero-order valence-electron chi connectivity index (χ0n) is 24.4. The summed E-state index contributed by atoms with van der Waals surface area (Å²) in [4.78, 5) is 29.0. The third-order valence-corrected chi connectivity index (χ3v) is 8.25. The van der Waals surface area contributed by atoms with Gasteiger partial charge < -0.3 is 10.2 Å². The summed E-state index contributed by atoms with van der Waals surface area (Å²) in [6.45, 7) is 5.16. The molecule has 1 atom stereocenters. The van der Waals surface area contributed by atoms with Gasteiger partial charge in [0.2, 0.25) is 21.8 Å². The molecule has 3 aromatic carbocycles. The van der Waals surface area contributed by atoms with Crippen molar-refractivity contribution in [1.29, 1.82) is 0 Å². The van der Waals surface area contributed by atoms with Gasteiger partial charge >= 0.3 is 6.18 Å². The largest absolute Gasteiger partial charge is 0.417 e. The Kier molecular flexibility index (Phi) is 11.3. The Morgan fingerprint density at radius 3 is 2.19 bits per heavy atom. The number of rotatable bonds is 12. The predicted octanol–water partition coefficient (Wildman–Crippen LogP) is 5.85. The van der Waals surface area contributed by atoms with Crippen LogP contribution in [0.25, 0.3) is 0 Å². The molecule has 3 rings (SSSR count). The van der Waals surface area contributed by atoms with Crippen molar-refractivity contribution in [3.8, 4) is 0 Å². The number of carbonyl (C=O) groups is 2. The molecule has 0 fully saturated rings. The van der Waals surface area contributed by atoms with Gasteiger partial charge in [-0.15, -0.1) is 0 Å². The molecule has 0 aromatic heterocycles. The van der Waals surface area contributed by atoms with Gasteiger partial charge in [0, 0.05) is 19.5 Å². The SMILES string of the molecule is Cc1ccccc1CN(C(=O)CN(c1ccc(Cl)c(C(F)(F)F)c1)S(C)(=O)=O)C(Cc1ccccc1)C(=O)NCC(C)C. The first-order chi connectivity index (χ1) is 20.1. The summed E-state index contributed by atoms with van der Waals surface area (Å²) in [5, 5.41) is 2.27. The molecule has 232 valence electrons. The minimum atomic E-state index is -4.85. The number of nitrogens with zero attached hydrogens (tertiary/aromatic N) is 2. The molecule has 0 saturated carbocycles. The Labute approximate surface area is 255 Å². The number of sulfonamides is 1. The fourth-order valence-corrected chi connectivity index (χ4v) is 5.51. The number of anilines is 1. The number of alkyl halides is 3. The molecule has 0 saturated heterocycles. The summed E-state index contributed by atoms with van der Waals surface area (Å²) < 4.78 is 67.2. The molecule has 0 heterocycles. The number of benzene rings is 3. The molecule has 0 aliphatic heterocycles. The van der Waals surface area contributed by atoms with Gasteiger partial charge in [-0.3, -0.25) is 13.9 Å². The molecule has 0 aliphatic carbocycles. The summed E-state index contributed by atoms with van der Waals surface area (Å²) in [6, 6.07) is 17.9. The molecular weight excluding hydrogens is 603 g/mol. The van der Waals surface area contributed by atoms with E-state index < -0.39 is 51.2 Å². The van der Waals surface area contributed by atoms with Gasteiger partial charge in [0.25, 0.3) is 0 Å². The Hall–Kier alpha value is -3.57. The van der Waals surface area contributed by atoms with E-state index >= 15 is 0 Å². The second-order valence-corrected chi connectivity index (χ2v) is 13.0. The molecule has 3 aromatic rings. The topological polar surface area (TPSA) is 86.8 Å². The average molecular weight is 638 g/mol. The van der Waals surface area contributed by atoms with Crippen LogP contribution >= 0.6 is 11.6 Å². The number of nitrogens with one attached hydrogen (secondary N) is 1. The number of amides is 2. The van der Waals surface area contributed by atoms with Crippen molar-refractivity contribution in [3.63, 3.8) is 0 Å². The van der Waals surface area contributed by atoms with Crippen molar-refractivity contribution in [2.45, 2.75) is 46.0 Å².